The number of hydrogen-bond donors (Lipinski definition) is 3. The third-order valence-electron chi connectivity index (χ3n) is 4.01. The van der Waals surface area contributed by atoms with Gasteiger partial charge in [-0.25, -0.2) is 4.79 Å². The third-order valence-corrected chi connectivity index (χ3v) is 4.01. The maximum Gasteiger partial charge on any atom is 0.407 e. The number of aromatic amines is 1. The van der Waals surface area contributed by atoms with Crippen LogP contribution in [0.4, 0.5) is 4.79 Å². The smallest absolute Gasteiger partial charge is 0.407 e. The van der Waals surface area contributed by atoms with Crippen molar-refractivity contribution >= 4 is 17.0 Å². The lowest BCUT2D eigenvalue weighted by molar-refractivity contribution is 0.0521. The molecule has 0 fully saturated rings. The van der Waals surface area contributed by atoms with Crippen molar-refractivity contribution in [1.82, 2.24) is 15.6 Å². The minimum atomic E-state index is -0.470. The number of fused-ring (bicyclic) bond motifs is 1. The monoisotopic (exact) mass is 345 g/mol. The Kier molecular flexibility index (Phi) is 6.88. The van der Waals surface area contributed by atoms with Crippen LogP contribution in [-0.2, 0) is 11.3 Å². The van der Waals surface area contributed by atoms with E-state index in [9.17, 15) is 4.79 Å². The predicted molar refractivity (Wildman–Crippen MR) is 103 cm³/mol. The van der Waals surface area contributed by atoms with Gasteiger partial charge in [0.1, 0.15) is 5.60 Å². The SMILES string of the molecule is CCCCC(CNC(=O)OC(C)(C)C)NCc1ccc2cc[nH]c2c1. The Balaban J connectivity index is 1.86. The molecule has 138 valence electrons. The van der Waals surface area contributed by atoms with Gasteiger partial charge in [-0.3, -0.25) is 0 Å². The summed E-state index contributed by atoms with van der Waals surface area (Å²) in [5.74, 6) is 0. The third kappa shape index (κ3) is 6.78. The lowest BCUT2D eigenvalue weighted by atomic mass is 10.1. The van der Waals surface area contributed by atoms with Crippen molar-refractivity contribution in [2.45, 2.75) is 65.1 Å². The quantitative estimate of drug-likeness (QED) is 0.667. The molecule has 0 saturated carbocycles. The minimum Gasteiger partial charge on any atom is -0.444 e. The van der Waals surface area contributed by atoms with E-state index in [0.29, 0.717) is 6.54 Å². The van der Waals surface area contributed by atoms with Crippen LogP contribution in [-0.4, -0.2) is 29.3 Å². The van der Waals surface area contributed by atoms with Crippen molar-refractivity contribution in [2.75, 3.05) is 6.54 Å². The van der Waals surface area contributed by atoms with E-state index >= 15 is 0 Å². The maximum absolute atomic E-state index is 11.9. The molecular formula is C20H31N3O2. The zero-order valence-electron chi connectivity index (χ0n) is 15.8. The topological polar surface area (TPSA) is 66.2 Å². The largest absolute Gasteiger partial charge is 0.444 e. The van der Waals surface area contributed by atoms with Gasteiger partial charge in [0.05, 0.1) is 0 Å². The van der Waals surface area contributed by atoms with Crippen molar-refractivity contribution in [3.63, 3.8) is 0 Å². The molecule has 2 aromatic rings. The van der Waals surface area contributed by atoms with Gasteiger partial charge in [0, 0.05) is 30.8 Å². The molecule has 0 aliphatic heterocycles. The van der Waals surface area contributed by atoms with Gasteiger partial charge in [-0.1, -0.05) is 31.9 Å². The zero-order valence-corrected chi connectivity index (χ0v) is 15.8. The molecule has 0 saturated heterocycles. The van der Waals surface area contributed by atoms with E-state index in [1.807, 2.05) is 27.0 Å². The van der Waals surface area contributed by atoms with Gasteiger partial charge >= 0.3 is 6.09 Å². The maximum atomic E-state index is 11.9. The molecule has 0 aliphatic rings. The summed E-state index contributed by atoms with van der Waals surface area (Å²) >= 11 is 0. The summed E-state index contributed by atoms with van der Waals surface area (Å²) in [5.41, 5.74) is 1.91. The Morgan fingerprint density at radius 3 is 2.80 bits per heavy atom. The summed E-state index contributed by atoms with van der Waals surface area (Å²) in [6.45, 7) is 9.14. The van der Waals surface area contributed by atoms with Gasteiger partial charge in [-0.05, 0) is 50.3 Å². The molecule has 1 atom stereocenters. The van der Waals surface area contributed by atoms with Crippen LogP contribution in [0.2, 0.25) is 0 Å². The van der Waals surface area contributed by atoms with Crippen molar-refractivity contribution in [1.29, 1.82) is 0 Å². The summed E-state index contributed by atoms with van der Waals surface area (Å²) in [7, 11) is 0. The Hall–Kier alpha value is -2.01. The summed E-state index contributed by atoms with van der Waals surface area (Å²) in [4.78, 5) is 15.1. The number of ether oxygens (including phenoxy) is 1. The van der Waals surface area contributed by atoms with Crippen molar-refractivity contribution < 1.29 is 9.53 Å². The van der Waals surface area contributed by atoms with Crippen LogP contribution in [0.25, 0.3) is 10.9 Å². The molecule has 0 radical (unpaired) electrons. The van der Waals surface area contributed by atoms with E-state index in [1.165, 1.54) is 10.9 Å². The highest BCUT2D eigenvalue weighted by molar-refractivity contribution is 5.79. The number of amides is 1. The van der Waals surface area contributed by atoms with Crippen molar-refractivity contribution in [3.8, 4) is 0 Å². The first kappa shape index (κ1) is 19.3. The fourth-order valence-corrected chi connectivity index (χ4v) is 2.71. The second-order valence-electron chi connectivity index (χ2n) is 7.50. The van der Waals surface area contributed by atoms with Gasteiger partial charge in [0.2, 0.25) is 0 Å². The van der Waals surface area contributed by atoms with Gasteiger partial charge < -0.3 is 20.4 Å². The molecule has 1 aromatic carbocycles. The molecule has 3 N–H and O–H groups in total. The van der Waals surface area contributed by atoms with Crippen LogP contribution in [0.3, 0.4) is 0 Å². The first-order valence-corrected chi connectivity index (χ1v) is 9.13. The Labute approximate surface area is 150 Å². The zero-order chi connectivity index (χ0) is 18.3. The normalized spacial score (nSPS) is 13.0. The van der Waals surface area contributed by atoms with E-state index in [1.54, 1.807) is 0 Å². The van der Waals surface area contributed by atoms with E-state index in [0.717, 1.165) is 31.3 Å². The Morgan fingerprint density at radius 1 is 1.28 bits per heavy atom. The number of nitrogens with one attached hydrogen (secondary N) is 3. The highest BCUT2D eigenvalue weighted by Crippen LogP contribution is 2.14. The van der Waals surface area contributed by atoms with Gasteiger partial charge in [0.15, 0.2) is 0 Å². The molecule has 2 rings (SSSR count). The molecule has 0 bridgehead atoms. The average Bonchev–Trinajstić information content (AvgIpc) is 3.00. The lowest BCUT2D eigenvalue weighted by Crippen LogP contribution is -2.42. The van der Waals surface area contributed by atoms with Gasteiger partial charge in [-0.2, -0.15) is 0 Å². The van der Waals surface area contributed by atoms with Crippen LogP contribution in [0, 0.1) is 0 Å². The van der Waals surface area contributed by atoms with Crippen LogP contribution >= 0.6 is 0 Å². The molecule has 25 heavy (non-hydrogen) atoms. The van der Waals surface area contributed by atoms with Gasteiger partial charge in [-0.15, -0.1) is 0 Å². The van der Waals surface area contributed by atoms with Crippen LogP contribution in [0.15, 0.2) is 30.5 Å². The minimum absolute atomic E-state index is 0.229. The number of unbranched alkanes of at least 4 members (excludes halogenated alkanes) is 1. The summed E-state index contributed by atoms with van der Waals surface area (Å²) in [5, 5.41) is 7.66. The predicted octanol–water partition coefficient (Wildman–Crippen LogP) is 4.34. The molecule has 0 aliphatic carbocycles. The number of hydrogen-bond acceptors (Lipinski definition) is 3. The van der Waals surface area contributed by atoms with Crippen LogP contribution in [0.1, 0.15) is 52.5 Å². The van der Waals surface area contributed by atoms with E-state index < -0.39 is 5.60 Å². The van der Waals surface area contributed by atoms with Crippen LogP contribution < -0.4 is 10.6 Å². The number of benzene rings is 1. The Bertz CT molecular complexity index is 673. The fourth-order valence-electron chi connectivity index (χ4n) is 2.71. The average molecular weight is 345 g/mol. The first-order chi connectivity index (χ1) is 11.9. The lowest BCUT2D eigenvalue weighted by Gasteiger charge is -2.23. The number of aromatic nitrogens is 1. The summed E-state index contributed by atoms with van der Waals surface area (Å²) in [6.07, 6.45) is 4.89. The molecule has 1 aromatic heterocycles. The standard InChI is InChI=1S/C20H31N3O2/c1-5-6-7-17(14-23-19(24)25-20(2,3)4)22-13-15-8-9-16-10-11-21-18(16)12-15/h8-12,17,21-22H,5-7,13-14H2,1-4H3,(H,23,24). The number of rotatable bonds is 8. The van der Waals surface area contributed by atoms with Crippen molar-refractivity contribution in [2.24, 2.45) is 0 Å². The molecule has 1 heterocycles. The van der Waals surface area contributed by atoms with Crippen LogP contribution in [0.5, 0.6) is 0 Å². The number of carbonyl (C=O) groups excluding carboxylic acids is 1. The number of carbonyl (C=O) groups is 1. The summed E-state index contributed by atoms with van der Waals surface area (Å²) < 4.78 is 5.31. The van der Waals surface area contributed by atoms with Crippen molar-refractivity contribution in [3.05, 3.63) is 36.0 Å². The highest BCUT2D eigenvalue weighted by Gasteiger charge is 2.17. The molecular weight excluding hydrogens is 314 g/mol. The molecule has 1 unspecified atom stereocenters. The first-order valence-electron chi connectivity index (χ1n) is 9.13. The van der Waals surface area contributed by atoms with Gasteiger partial charge in [0.25, 0.3) is 0 Å². The van der Waals surface area contributed by atoms with E-state index in [2.05, 4.69) is 46.8 Å². The second-order valence-corrected chi connectivity index (χ2v) is 7.50. The highest BCUT2D eigenvalue weighted by atomic mass is 16.6. The number of alkyl carbamates (subject to hydrolysis) is 1. The molecule has 5 nitrogen and oxygen atoms in total. The molecule has 1 amide bonds. The second kappa shape index (κ2) is 8.90. The molecule has 0 spiro atoms. The fraction of sp³-hybridized carbons (Fsp3) is 0.550. The van der Waals surface area contributed by atoms with E-state index in [-0.39, 0.29) is 12.1 Å². The summed E-state index contributed by atoms with van der Waals surface area (Å²) in [6, 6.07) is 8.73. The van der Waals surface area contributed by atoms with E-state index in [4.69, 9.17) is 4.74 Å². The Morgan fingerprint density at radius 2 is 2.08 bits per heavy atom. The molecule has 5 heteroatoms. The number of H-pyrrole nitrogens is 1.